The molecule has 1 aromatic rings. The van der Waals surface area contributed by atoms with Gasteiger partial charge in [-0.05, 0) is 25.1 Å². The number of primary amides is 1. The predicted molar refractivity (Wildman–Crippen MR) is 93.2 cm³/mol. The van der Waals surface area contributed by atoms with Gasteiger partial charge < -0.3 is 16.2 Å². The number of nitriles is 1. The van der Waals surface area contributed by atoms with Crippen LogP contribution in [0.25, 0.3) is 0 Å². The first-order chi connectivity index (χ1) is 11.8. The first-order valence-corrected chi connectivity index (χ1v) is 8.38. The van der Waals surface area contributed by atoms with Crippen molar-refractivity contribution in [3.8, 4) is 6.07 Å². The number of carbonyl (C=O) groups is 2. The number of aliphatic hydroxyl groups is 1. The van der Waals surface area contributed by atoms with Crippen molar-refractivity contribution in [1.29, 1.82) is 5.26 Å². The molecule has 6 nitrogen and oxygen atoms in total. The topological polar surface area (TPSA) is 116 Å². The Morgan fingerprint density at radius 1 is 1.38 bits per heavy atom. The molecule has 1 aromatic carbocycles. The lowest BCUT2D eigenvalue weighted by atomic mass is 10.1. The van der Waals surface area contributed by atoms with Gasteiger partial charge in [0.15, 0.2) is 0 Å². The summed E-state index contributed by atoms with van der Waals surface area (Å²) in [5.74, 6) is -1.10. The normalized spacial score (nSPS) is 13.1. The summed E-state index contributed by atoms with van der Waals surface area (Å²) in [5.41, 5.74) is 1.21. The zero-order valence-corrected chi connectivity index (χ0v) is 15.9. The maximum atomic E-state index is 12.7. The van der Waals surface area contributed by atoms with Gasteiger partial charge in [-0.1, -0.05) is 29.8 Å². The number of carbonyl (C=O) groups excluding carboxylic acids is 2. The molecular formula is C16H19BrF3N3O3. The van der Waals surface area contributed by atoms with Crippen molar-refractivity contribution in [2.75, 3.05) is 10.6 Å². The molecule has 10 heteroatoms. The van der Waals surface area contributed by atoms with E-state index in [2.05, 4.69) is 21.2 Å². The molecule has 0 unspecified atom stereocenters. The van der Waals surface area contributed by atoms with Gasteiger partial charge in [-0.2, -0.15) is 18.4 Å². The van der Waals surface area contributed by atoms with Crippen LogP contribution in [-0.4, -0.2) is 27.9 Å². The molecule has 0 aliphatic heterocycles. The number of nitrogens with two attached hydrogens (primary N) is 1. The molecule has 0 fully saturated rings. The van der Waals surface area contributed by atoms with Gasteiger partial charge in [-0.3, -0.25) is 9.59 Å². The van der Waals surface area contributed by atoms with Crippen LogP contribution in [0.2, 0.25) is 0 Å². The lowest BCUT2D eigenvalue weighted by Gasteiger charge is -2.20. The van der Waals surface area contributed by atoms with E-state index >= 15 is 0 Å². The van der Waals surface area contributed by atoms with E-state index in [1.165, 1.54) is 13.0 Å². The molecule has 4 N–H and O–H groups in total. The van der Waals surface area contributed by atoms with Crippen LogP contribution < -0.4 is 11.1 Å². The van der Waals surface area contributed by atoms with Gasteiger partial charge >= 0.3 is 6.18 Å². The van der Waals surface area contributed by atoms with Crippen LogP contribution in [0.4, 0.5) is 18.9 Å². The molecular weight excluding hydrogens is 419 g/mol. The van der Waals surface area contributed by atoms with E-state index in [0.29, 0.717) is 6.07 Å². The summed E-state index contributed by atoms with van der Waals surface area (Å²) >= 11 is 2.92. The summed E-state index contributed by atoms with van der Waals surface area (Å²) in [4.78, 5) is 21.6. The Morgan fingerprint density at radius 2 is 1.88 bits per heavy atom. The third-order valence-electron chi connectivity index (χ3n) is 3.02. The molecule has 0 saturated heterocycles. The van der Waals surface area contributed by atoms with E-state index in [9.17, 15) is 27.9 Å². The molecule has 0 aromatic heterocycles. The number of alkyl halides is 4. The molecule has 0 radical (unpaired) electrons. The maximum Gasteiger partial charge on any atom is 0.417 e. The molecule has 26 heavy (non-hydrogen) atoms. The third-order valence-corrected chi connectivity index (χ3v) is 4.11. The fourth-order valence-corrected chi connectivity index (χ4v) is 1.54. The molecule has 0 saturated carbocycles. The van der Waals surface area contributed by atoms with Gasteiger partial charge in [0.25, 0.3) is 5.91 Å². The molecule has 0 heterocycles. The first-order valence-electron chi connectivity index (χ1n) is 7.26. The standard InChI is InChI=1S/C12H10BrF3N2O2.C4H9NO/c1-11(20,6-13)10(19)18-8-3-2-7(5-17)9(4-8)12(14,15)16;1-3(2)4(5)6/h2-4,20H,6H2,1H3,(H,18,19);3H,1-2H3,(H2,5,6)/t11-;/m0./s1. The Labute approximate surface area is 157 Å². The summed E-state index contributed by atoms with van der Waals surface area (Å²) in [6, 6.07) is 4.21. The van der Waals surface area contributed by atoms with E-state index < -0.39 is 28.8 Å². The smallest absolute Gasteiger partial charge is 0.379 e. The number of halogens is 4. The molecule has 0 aliphatic carbocycles. The zero-order valence-electron chi connectivity index (χ0n) is 14.3. The summed E-state index contributed by atoms with van der Waals surface area (Å²) < 4.78 is 38.2. The number of hydrogen-bond donors (Lipinski definition) is 3. The van der Waals surface area contributed by atoms with Gasteiger partial charge in [0.2, 0.25) is 5.91 Å². The van der Waals surface area contributed by atoms with Crippen LogP contribution in [0.5, 0.6) is 0 Å². The minimum absolute atomic E-state index is 0.00926. The largest absolute Gasteiger partial charge is 0.417 e. The molecule has 0 spiro atoms. The molecule has 0 aliphatic rings. The Kier molecular flexibility index (Phi) is 8.76. The average molecular weight is 438 g/mol. The van der Waals surface area contributed by atoms with Crippen LogP contribution >= 0.6 is 15.9 Å². The maximum absolute atomic E-state index is 12.7. The van der Waals surface area contributed by atoms with Gasteiger partial charge in [0.05, 0.1) is 17.2 Å². The Balaban J connectivity index is 0.000000896. The number of nitrogens with one attached hydrogen (secondary N) is 1. The van der Waals surface area contributed by atoms with Crippen LogP contribution in [0.15, 0.2) is 18.2 Å². The average Bonchev–Trinajstić information content (AvgIpc) is 2.54. The number of anilines is 1. The van der Waals surface area contributed by atoms with Gasteiger partial charge in [-0.15, -0.1) is 0 Å². The summed E-state index contributed by atoms with van der Waals surface area (Å²) in [6.07, 6.45) is -4.70. The highest BCUT2D eigenvalue weighted by atomic mass is 79.9. The highest BCUT2D eigenvalue weighted by Crippen LogP contribution is 2.33. The van der Waals surface area contributed by atoms with Crippen molar-refractivity contribution in [1.82, 2.24) is 0 Å². The molecule has 0 bridgehead atoms. The minimum Gasteiger partial charge on any atom is -0.379 e. The van der Waals surface area contributed by atoms with Gasteiger partial charge in [-0.25, -0.2) is 0 Å². The van der Waals surface area contributed by atoms with E-state index in [1.54, 1.807) is 13.8 Å². The van der Waals surface area contributed by atoms with Crippen LogP contribution in [0.1, 0.15) is 31.9 Å². The van der Waals surface area contributed by atoms with E-state index in [0.717, 1.165) is 12.1 Å². The lowest BCUT2D eigenvalue weighted by molar-refractivity contribution is -0.138. The fraction of sp³-hybridized carbons (Fsp3) is 0.438. The number of nitrogens with zero attached hydrogens (tertiary/aromatic N) is 1. The highest BCUT2D eigenvalue weighted by molar-refractivity contribution is 9.09. The van der Waals surface area contributed by atoms with Crippen molar-refractivity contribution in [3.63, 3.8) is 0 Å². The first kappa shape index (κ1) is 23.9. The molecule has 2 amide bonds. The van der Waals surface area contributed by atoms with Crippen molar-refractivity contribution in [2.24, 2.45) is 11.7 Å². The van der Waals surface area contributed by atoms with Crippen LogP contribution in [0.3, 0.4) is 0 Å². The number of hydrogen-bond acceptors (Lipinski definition) is 4. The molecule has 1 atom stereocenters. The van der Waals surface area contributed by atoms with Crippen molar-refractivity contribution in [2.45, 2.75) is 32.5 Å². The van der Waals surface area contributed by atoms with Crippen molar-refractivity contribution in [3.05, 3.63) is 29.3 Å². The van der Waals surface area contributed by atoms with E-state index in [1.807, 2.05) is 0 Å². The SMILES string of the molecule is CC(C)C(N)=O.C[C@](O)(CBr)C(=O)Nc1ccc(C#N)c(C(F)(F)F)c1. The van der Waals surface area contributed by atoms with E-state index in [4.69, 9.17) is 11.0 Å². The quantitative estimate of drug-likeness (QED) is 0.627. The minimum atomic E-state index is -4.70. The number of benzene rings is 1. The van der Waals surface area contributed by atoms with Crippen LogP contribution in [0, 0.1) is 17.2 Å². The number of amides is 2. The van der Waals surface area contributed by atoms with Gasteiger partial charge in [0, 0.05) is 16.9 Å². The van der Waals surface area contributed by atoms with Gasteiger partial charge in [0.1, 0.15) is 5.60 Å². The molecule has 1 rings (SSSR count). The second-order valence-electron chi connectivity index (χ2n) is 5.79. The summed E-state index contributed by atoms with van der Waals surface area (Å²) in [5, 5.41) is 20.4. The second kappa shape index (κ2) is 9.54. The van der Waals surface area contributed by atoms with Crippen LogP contribution in [-0.2, 0) is 15.8 Å². The molecule has 144 valence electrons. The van der Waals surface area contributed by atoms with E-state index in [-0.39, 0.29) is 22.8 Å². The summed E-state index contributed by atoms with van der Waals surface area (Å²) in [7, 11) is 0. The Bertz CT molecular complexity index is 698. The predicted octanol–water partition coefficient (Wildman–Crippen LogP) is 2.79. The zero-order chi connectivity index (χ0) is 20.7. The van der Waals surface area contributed by atoms with Crippen molar-refractivity contribution >= 4 is 33.4 Å². The Hall–Kier alpha value is -2.12. The number of rotatable bonds is 4. The summed E-state index contributed by atoms with van der Waals surface area (Å²) in [6.45, 7) is 4.75. The highest BCUT2D eigenvalue weighted by Gasteiger charge is 2.34. The second-order valence-corrected chi connectivity index (χ2v) is 6.35. The third kappa shape index (κ3) is 7.41. The van der Waals surface area contributed by atoms with Crippen molar-refractivity contribution < 1.29 is 27.9 Å². The monoisotopic (exact) mass is 437 g/mol. The lowest BCUT2D eigenvalue weighted by Crippen LogP contribution is -2.41. The fourth-order valence-electron chi connectivity index (χ4n) is 1.28. The Morgan fingerprint density at radius 3 is 2.23 bits per heavy atom.